The summed E-state index contributed by atoms with van der Waals surface area (Å²) in [5.74, 6) is 0.922. The molecule has 18 heavy (non-hydrogen) atoms. The first-order valence-corrected chi connectivity index (χ1v) is 6.83. The quantitative estimate of drug-likeness (QED) is 0.710. The fourth-order valence-corrected chi connectivity index (χ4v) is 2.45. The zero-order valence-corrected chi connectivity index (χ0v) is 10.6. The summed E-state index contributed by atoms with van der Waals surface area (Å²) in [6.07, 6.45) is 1.55. The third-order valence-corrected chi connectivity index (χ3v) is 3.44. The van der Waals surface area contributed by atoms with Crippen molar-refractivity contribution < 1.29 is 8.76 Å². The molecule has 1 unspecified atom stereocenters. The molecule has 0 spiro atoms. The van der Waals surface area contributed by atoms with Crippen molar-refractivity contribution in [3.05, 3.63) is 23.9 Å². The van der Waals surface area contributed by atoms with Gasteiger partial charge >= 0.3 is 0 Å². The Hall–Kier alpha value is -1.49. The van der Waals surface area contributed by atoms with E-state index in [1.807, 2.05) is 17.0 Å². The molecule has 7 heteroatoms. The van der Waals surface area contributed by atoms with Crippen LogP contribution >= 0.6 is 0 Å². The van der Waals surface area contributed by atoms with Gasteiger partial charge in [0.15, 0.2) is 0 Å². The highest BCUT2D eigenvalue weighted by Gasteiger charge is 2.17. The molecule has 1 aromatic heterocycles. The van der Waals surface area contributed by atoms with Crippen molar-refractivity contribution in [2.24, 2.45) is 0 Å². The van der Waals surface area contributed by atoms with Crippen molar-refractivity contribution in [3.63, 3.8) is 0 Å². The molecule has 0 radical (unpaired) electrons. The number of hydrogen-bond acceptors (Lipinski definition) is 6. The molecule has 1 aliphatic heterocycles. The fourth-order valence-electron chi connectivity index (χ4n) is 1.89. The van der Waals surface area contributed by atoms with Gasteiger partial charge in [0.05, 0.1) is 11.4 Å². The Bertz CT molecular complexity index is 463. The summed E-state index contributed by atoms with van der Waals surface area (Å²) in [5, 5.41) is 8.69. The van der Waals surface area contributed by atoms with Crippen LogP contribution in [-0.4, -0.2) is 50.7 Å². The Morgan fingerprint density at radius 3 is 2.61 bits per heavy atom. The molecule has 0 aliphatic carbocycles. The van der Waals surface area contributed by atoms with Crippen molar-refractivity contribution in [2.75, 3.05) is 37.0 Å². The lowest BCUT2D eigenvalue weighted by molar-refractivity contribution is 0.291. The van der Waals surface area contributed by atoms with E-state index < -0.39 is 11.1 Å². The van der Waals surface area contributed by atoms with Gasteiger partial charge in [-0.05, 0) is 23.2 Å². The average molecular weight is 265 g/mol. The van der Waals surface area contributed by atoms with Gasteiger partial charge < -0.3 is 9.45 Å². The number of nitriles is 1. The molecule has 0 amide bonds. The Balaban J connectivity index is 1.93. The SMILES string of the molecule is N#Cc1ccc(N2CCN(CS(=O)[O-])CC2)nc1. The van der Waals surface area contributed by atoms with E-state index in [2.05, 4.69) is 9.88 Å². The van der Waals surface area contributed by atoms with E-state index in [4.69, 9.17) is 5.26 Å². The second-order valence-corrected chi connectivity index (χ2v) is 4.92. The van der Waals surface area contributed by atoms with Crippen LogP contribution in [0.15, 0.2) is 18.3 Å². The molecular weight excluding hydrogens is 252 g/mol. The first-order valence-electron chi connectivity index (χ1n) is 5.58. The van der Waals surface area contributed by atoms with Crippen LogP contribution in [0.2, 0.25) is 0 Å². The van der Waals surface area contributed by atoms with Gasteiger partial charge in [-0.1, -0.05) is 0 Å². The molecule has 0 saturated carbocycles. The molecule has 6 nitrogen and oxygen atoms in total. The Kier molecular flexibility index (Phi) is 4.25. The predicted molar refractivity (Wildman–Crippen MR) is 66.5 cm³/mol. The smallest absolute Gasteiger partial charge is 0.128 e. The molecule has 1 aliphatic rings. The maximum absolute atomic E-state index is 10.6. The van der Waals surface area contributed by atoms with Crippen LogP contribution in [0, 0.1) is 11.3 Å². The van der Waals surface area contributed by atoms with Crippen molar-refractivity contribution >= 4 is 16.9 Å². The van der Waals surface area contributed by atoms with Gasteiger partial charge in [0.1, 0.15) is 11.9 Å². The summed E-state index contributed by atoms with van der Waals surface area (Å²) in [6.45, 7) is 2.90. The summed E-state index contributed by atoms with van der Waals surface area (Å²) in [6, 6.07) is 5.58. The van der Waals surface area contributed by atoms with Gasteiger partial charge in [0.2, 0.25) is 0 Å². The van der Waals surface area contributed by atoms with E-state index >= 15 is 0 Å². The summed E-state index contributed by atoms with van der Waals surface area (Å²) in [7, 11) is 0. The highest BCUT2D eigenvalue weighted by molar-refractivity contribution is 7.79. The van der Waals surface area contributed by atoms with Crippen LogP contribution in [0.5, 0.6) is 0 Å². The minimum Gasteiger partial charge on any atom is -0.771 e. The molecule has 2 rings (SSSR count). The average Bonchev–Trinajstić information content (AvgIpc) is 2.39. The zero-order valence-electron chi connectivity index (χ0n) is 9.78. The zero-order chi connectivity index (χ0) is 13.0. The molecule has 1 saturated heterocycles. The molecular formula is C11H13N4O2S-. The maximum Gasteiger partial charge on any atom is 0.128 e. The van der Waals surface area contributed by atoms with Crippen LogP contribution in [-0.2, 0) is 11.1 Å². The van der Waals surface area contributed by atoms with Crippen LogP contribution in [0.1, 0.15) is 5.56 Å². The molecule has 1 aromatic rings. The van der Waals surface area contributed by atoms with Gasteiger partial charge in [-0.15, -0.1) is 0 Å². The number of piperazine rings is 1. The van der Waals surface area contributed by atoms with E-state index in [0.717, 1.165) is 18.9 Å². The van der Waals surface area contributed by atoms with Gasteiger partial charge in [0, 0.05) is 32.4 Å². The van der Waals surface area contributed by atoms with Crippen LogP contribution in [0.3, 0.4) is 0 Å². The second-order valence-electron chi connectivity index (χ2n) is 4.05. The van der Waals surface area contributed by atoms with Gasteiger partial charge in [0.25, 0.3) is 0 Å². The Morgan fingerprint density at radius 2 is 2.11 bits per heavy atom. The largest absolute Gasteiger partial charge is 0.771 e. The van der Waals surface area contributed by atoms with E-state index in [9.17, 15) is 8.76 Å². The number of rotatable bonds is 3. The predicted octanol–water partition coefficient (Wildman–Crippen LogP) is -0.0881. The van der Waals surface area contributed by atoms with Crippen molar-refractivity contribution in [3.8, 4) is 6.07 Å². The van der Waals surface area contributed by atoms with Gasteiger partial charge in [-0.3, -0.25) is 9.11 Å². The first-order chi connectivity index (χ1) is 8.69. The molecule has 0 aromatic carbocycles. The Labute approximate surface area is 108 Å². The minimum atomic E-state index is -2.02. The van der Waals surface area contributed by atoms with E-state index in [1.54, 1.807) is 12.3 Å². The van der Waals surface area contributed by atoms with Crippen molar-refractivity contribution in [1.29, 1.82) is 5.26 Å². The molecule has 0 N–H and O–H groups in total. The molecule has 96 valence electrons. The lowest BCUT2D eigenvalue weighted by Gasteiger charge is -2.35. The molecule has 0 bridgehead atoms. The number of aromatic nitrogens is 1. The van der Waals surface area contributed by atoms with E-state index in [-0.39, 0.29) is 5.88 Å². The summed E-state index contributed by atoms with van der Waals surface area (Å²) >= 11 is -2.02. The van der Waals surface area contributed by atoms with Gasteiger partial charge in [-0.2, -0.15) is 5.26 Å². The number of anilines is 1. The lowest BCUT2D eigenvalue weighted by atomic mass is 10.3. The number of pyridine rings is 1. The standard InChI is InChI=1S/C11H14N4O2S/c12-7-10-1-2-11(13-8-10)15-5-3-14(4-6-15)9-18(16)17/h1-2,8H,3-6,9H2,(H,16,17)/p-1. The van der Waals surface area contributed by atoms with E-state index in [1.165, 1.54) is 0 Å². The van der Waals surface area contributed by atoms with Crippen LogP contribution in [0.25, 0.3) is 0 Å². The highest BCUT2D eigenvalue weighted by Crippen LogP contribution is 2.13. The fraction of sp³-hybridized carbons (Fsp3) is 0.455. The minimum absolute atomic E-state index is 0.0919. The van der Waals surface area contributed by atoms with E-state index in [0.29, 0.717) is 18.7 Å². The maximum atomic E-state index is 10.6. The topological polar surface area (TPSA) is 83.3 Å². The third-order valence-electron chi connectivity index (χ3n) is 2.86. The van der Waals surface area contributed by atoms with Crippen LogP contribution < -0.4 is 4.90 Å². The second kappa shape index (κ2) is 5.91. The van der Waals surface area contributed by atoms with Crippen molar-refractivity contribution in [2.45, 2.75) is 0 Å². The normalized spacial score (nSPS) is 18.3. The Morgan fingerprint density at radius 1 is 1.39 bits per heavy atom. The highest BCUT2D eigenvalue weighted by atomic mass is 32.2. The monoisotopic (exact) mass is 265 g/mol. The number of nitrogens with zero attached hydrogens (tertiary/aromatic N) is 4. The summed E-state index contributed by atoms with van der Waals surface area (Å²) in [4.78, 5) is 8.20. The lowest BCUT2D eigenvalue weighted by Crippen LogP contribution is -2.47. The molecule has 1 fully saturated rings. The molecule has 2 heterocycles. The first kappa shape index (κ1) is 13.0. The third kappa shape index (κ3) is 3.26. The molecule has 1 atom stereocenters. The number of hydrogen-bond donors (Lipinski definition) is 0. The van der Waals surface area contributed by atoms with Crippen LogP contribution in [0.4, 0.5) is 5.82 Å². The summed E-state index contributed by atoms with van der Waals surface area (Å²) < 4.78 is 21.2. The summed E-state index contributed by atoms with van der Waals surface area (Å²) in [5.41, 5.74) is 0.541. The van der Waals surface area contributed by atoms with Gasteiger partial charge in [-0.25, -0.2) is 4.98 Å². The van der Waals surface area contributed by atoms with Crippen molar-refractivity contribution in [1.82, 2.24) is 9.88 Å².